The summed E-state index contributed by atoms with van der Waals surface area (Å²) in [5.41, 5.74) is 11.4. The lowest BCUT2D eigenvalue weighted by Crippen LogP contribution is -2.37. The number of fused-ring (bicyclic) bond motifs is 1. The molecule has 1 saturated heterocycles. The van der Waals surface area contributed by atoms with Gasteiger partial charge in [-0.15, -0.1) is 5.53 Å². The van der Waals surface area contributed by atoms with Crippen LogP contribution in [0.2, 0.25) is 0 Å². The summed E-state index contributed by atoms with van der Waals surface area (Å²) in [6.07, 6.45) is 3.40. The van der Waals surface area contributed by atoms with Crippen molar-refractivity contribution in [3.8, 4) is 11.1 Å². The van der Waals surface area contributed by atoms with Gasteiger partial charge in [-0.1, -0.05) is 30.3 Å². The SMILES string of the molecule is CN1C(=O)CN(Cc2ccc(-c3ccc4c(c3C=O)NNN4CC3CC3)cc2)C1=O. The van der Waals surface area contributed by atoms with E-state index >= 15 is 0 Å². The summed E-state index contributed by atoms with van der Waals surface area (Å²) in [4.78, 5) is 38.4. The van der Waals surface area contributed by atoms with E-state index in [0.717, 1.165) is 51.7 Å². The van der Waals surface area contributed by atoms with Crippen LogP contribution in [0.5, 0.6) is 0 Å². The fraction of sp³-hybridized carbons (Fsp3) is 0.318. The molecule has 2 fully saturated rings. The molecule has 0 radical (unpaired) electrons. The second-order valence-electron chi connectivity index (χ2n) is 8.12. The number of nitrogens with one attached hydrogen (secondary N) is 2. The molecule has 1 saturated carbocycles. The Morgan fingerprint density at radius 3 is 2.50 bits per heavy atom. The zero-order chi connectivity index (χ0) is 20.8. The third kappa shape index (κ3) is 3.19. The maximum absolute atomic E-state index is 12.1. The summed E-state index contributed by atoms with van der Waals surface area (Å²) in [5, 5.41) is 2.07. The van der Waals surface area contributed by atoms with Gasteiger partial charge in [0.05, 0.1) is 11.4 Å². The number of aldehydes is 1. The molecule has 3 aliphatic rings. The number of imide groups is 1. The smallest absolute Gasteiger partial charge is 0.311 e. The van der Waals surface area contributed by atoms with E-state index in [9.17, 15) is 14.4 Å². The van der Waals surface area contributed by atoms with E-state index < -0.39 is 0 Å². The maximum atomic E-state index is 12.1. The minimum atomic E-state index is -0.278. The number of anilines is 2. The molecular weight excluding hydrogens is 382 g/mol. The second-order valence-corrected chi connectivity index (χ2v) is 8.12. The van der Waals surface area contributed by atoms with Gasteiger partial charge in [-0.05, 0) is 41.5 Å². The van der Waals surface area contributed by atoms with Gasteiger partial charge in [0.1, 0.15) is 6.54 Å². The molecule has 0 spiro atoms. The maximum Gasteiger partial charge on any atom is 0.327 e. The van der Waals surface area contributed by atoms with Crippen LogP contribution in [0.25, 0.3) is 11.1 Å². The Labute approximate surface area is 174 Å². The average molecular weight is 405 g/mol. The number of likely N-dealkylation sites (N-methyl/N-ethyl adjacent to an activating group) is 1. The molecule has 2 N–H and O–H groups in total. The molecule has 2 heterocycles. The van der Waals surface area contributed by atoms with Crippen LogP contribution >= 0.6 is 0 Å². The van der Waals surface area contributed by atoms with Crippen LogP contribution in [0.1, 0.15) is 28.8 Å². The van der Waals surface area contributed by atoms with Gasteiger partial charge in [0.15, 0.2) is 6.29 Å². The number of carbonyl (C=O) groups excluding carboxylic acids is 3. The molecule has 0 unspecified atom stereocenters. The van der Waals surface area contributed by atoms with Crippen LogP contribution < -0.4 is 16.0 Å². The molecule has 30 heavy (non-hydrogen) atoms. The number of urea groups is 1. The molecule has 8 nitrogen and oxygen atoms in total. The van der Waals surface area contributed by atoms with E-state index in [2.05, 4.69) is 16.0 Å². The van der Waals surface area contributed by atoms with Crippen molar-refractivity contribution in [3.05, 3.63) is 47.5 Å². The second kappa shape index (κ2) is 7.14. The Hall–Kier alpha value is -3.39. The van der Waals surface area contributed by atoms with Crippen molar-refractivity contribution in [1.29, 1.82) is 0 Å². The highest BCUT2D eigenvalue weighted by atomic mass is 16.2. The predicted octanol–water partition coefficient (Wildman–Crippen LogP) is 2.62. The molecular formula is C22H23N5O3. The fourth-order valence-electron chi connectivity index (χ4n) is 4.01. The Bertz CT molecular complexity index is 1030. The van der Waals surface area contributed by atoms with Gasteiger partial charge in [0, 0.05) is 25.7 Å². The van der Waals surface area contributed by atoms with Gasteiger partial charge in [0.2, 0.25) is 5.91 Å². The van der Waals surface area contributed by atoms with Gasteiger partial charge < -0.3 is 10.3 Å². The van der Waals surface area contributed by atoms with Crippen LogP contribution in [0, 0.1) is 5.92 Å². The highest BCUT2D eigenvalue weighted by molar-refractivity contribution is 6.02. The largest absolute Gasteiger partial charge is 0.327 e. The molecule has 154 valence electrons. The molecule has 5 rings (SSSR count). The van der Waals surface area contributed by atoms with E-state index in [0.29, 0.717) is 12.1 Å². The third-order valence-electron chi connectivity index (χ3n) is 5.98. The van der Waals surface area contributed by atoms with Crippen molar-refractivity contribution < 1.29 is 14.4 Å². The number of hydrogen-bond donors (Lipinski definition) is 2. The van der Waals surface area contributed by atoms with Crippen LogP contribution in [-0.4, -0.2) is 48.2 Å². The molecule has 2 aromatic rings. The minimum Gasteiger partial charge on any atom is -0.311 e. The summed E-state index contributed by atoms with van der Waals surface area (Å²) >= 11 is 0. The molecule has 2 aliphatic heterocycles. The van der Waals surface area contributed by atoms with E-state index in [1.807, 2.05) is 36.4 Å². The van der Waals surface area contributed by atoms with Crippen molar-refractivity contribution in [2.45, 2.75) is 19.4 Å². The van der Waals surface area contributed by atoms with Crippen molar-refractivity contribution in [3.63, 3.8) is 0 Å². The van der Waals surface area contributed by atoms with Gasteiger partial charge >= 0.3 is 6.03 Å². The molecule has 0 aromatic heterocycles. The lowest BCUT2D eigenvalue weighted by atomic mass is 9.97. The molecule has 0 bridgehead atoms. The van der Waals surface area contributed by atoms with Gasteiger partial charge in [0.25, 0.3) is 0 Å². The van der Waals surface area contributed by atoms with Gasteiger partial charge in [-0.3, -0.25) is 19.5 Å². The average Bonchev–Trinajstić information content (AvgIpc) is 3.44. The highest BCUT2D eigenvalue weighted by Crippen LogP contribution is 2.40. The zero-order valence-corrected chi connectivity index (χ0v) is 16.7. The van der Waals surface area contributed by atoms with E-state index in [1.54, 1.807) is 0 Å². The van der Waals surface area contributed by atoms with Crippen LogP contribution in [0.3, 0.4) is 0 Å². The molecule has 8 heteroatoms. The van der Waals surface area contributed by atoms with Crippen molar-refractivity contribution in [1.82, 2.24) is 15.3 Å². The van der Waals surface area contributed by atoms with Crippen molar-refractivity contribution >= 4 is 29.6 Å². The minimum absolute atomic E-state index is 0.104. The number of hydrogen-bond acceptors (Lipinski definition) is 6. The first-order valence-corrected chi connectivity index (χ1v) is 10.1. The van der Waals surface area contributed by atoms with E-state index in [4.69, 9.17) is 0 Å². The topological polar surface area (TPSA) is 85.0 Å². The molecule has 3 amide bonds. The summed E-state index contributed by atoms with van der Waals surface area (Å²) in [7, 11) is 1.50. The number of amides is 3. The number of rotatable bonds is 6. The Morgan fingerprint density at radius 1 is 1.10 bits per heavy atom. The van der Waals surface area contributed by atoms with E-state index in [-0.39, 0.29) is 18.5 Å². The standard InChI is InChI=1S/C22H23N5O3/c1-25-20(29)12-26(22(25)30)10-14-4-6-16(7-5-14)17-8-9-19-21(18(17)13-28)23-24-27(19)11-15-2-3-15/h4-9,13,15,23-24H,2-3,10-12H2,1H3. The summed E-state index contributed by atoms with van der Waals surface area (Å²) in [6, 6.07) is 11.5. The lowest BCUT2D eigenvalue weighted by Gasteiger charge is -2.18. The Balaban J connectivity index is 1.37. The van der Waals surface area contributed by atoms with Crippen LogP contribution in [0.15, 0.2) is 36.4 Å². The predicted molar refractivity (Wildman–Crippen MR) is 113 cm³/mol. The quantitative estimate of drug-likeness (QED) is 0.568. The first kappa shape index (κ1) is 18.6. The number of nitrogens with zero attached hydrogens (tertiary/aromatic N) is 3. The monoisotopic (exact) mass is 405 g/mol. The van der Waals surface area contributed by atoms with Crippen molar-refractivity contribution in [2.75, 3.05) is 30.6 Å². The number of carbonyl (C=O) groups is 3. The third-order valence-corrected chi connectivity index (χ3v) is 5.98. The normalized spacial score (nSPS) is 18.1. The molecule has 1 aliphatic carbocycles. The highest BCUT2D eigenvalue weighted by Gasteiger charge is 2.33. The first-order valence-electron chi connectivity index (χ1n) is 10.1. The Kier molecular flexibility index (Phi) is 4.43. The van der Waals surface area contributed by atoms with E-state index in [1.165, 1.54) is 24.8 Å². The Morgan fingerprint density at radius 2 is 1.87 bits per heavy atom. The number of hydrazine groups is 2. The summed E-state index contributed by atoms with van der Waals surface area (Å²) < 4.78 is 0. The summed E-state index contributed by atoms with van der Waals surface area (Å²) in [6.45, 7) is 1.41. The molecule has 0 atom stereocenters. The van der Waals surface area contributed by atoms with Gasteiger partial charge in [-0.2, -0.15) is 0 Å². The number of benzene rings is 2. The molecule has 2 aromatic carbocycles. The zero-order valence-electron chi connectivity index (χ0n) is 16.7. The van der Waals surface area contributed by atoms with Crippen LogP contribution in [0.4, 0.5) is 16.2 Å². The van der Waals surface area contributed by atoms with Crippen molar-refractivity contribution in [2.24, 2.45) is 5.92 Å². The lowest BCUT2D eigenvalue weighted by molar-refractivity contribution is -0.124. The summed E-state index contributed by atoms with van der Waals surface area (Å²) in [5.74, 6) is 0.525. The van der Waals surface area contributed by atoms with Crippen LogP contribution in [-0.2, 0) is 11.3 Å². The fourth-order valence-corrected chi connectivity index (χ4v) is 4.01. The first-order chi connectivity index (χ1) is 14.5. The van der Waals surface area contributed by atoms with Gasteiger partial charge in [-0.25, -0.2) is 4.79 Å².